The first-order valence-corrected chi connectivity index (χ1v) is 9.06. The van der Waals surface area contributed by atoms with Crippen LogP contribution < -0.4 is 5.32 Å². The highest BCUT2D eigenvalue weighted by Crippen LogP contribution is 2.22. The van der Waals surface area contributed by atoms with Crippen molar-refractivity contribution in [3.63, 3.8) is 0 Å². The van der Waals surface area contributed by atoms with Gasteiger partial charge in [-0.1, -0.05) is 36.4 Å². The Hall–Kier alpha value is -4.06. The maximum Gasteiger partial charge on any atom is 0.490 e. The van der Waals surface area contributed by atoms with Crippen molar-refractivity contribution < 1.29 is 32.8 Å². The van der Waals surface area contributed by atoms with Crippen molar-refractivity contribution in [3.05, 3.63) is 66.5 Å². The molecule has 2 aromatic heterocycles. The Bertz CT molecular complexity index is 1180. The number of aromatic nitrogens is 4. The summed E-state index contributed by atoms with van der Waals surface area (Å²) < 4.78 is 36.4. The van der Waals surface area contributed by atoms with Crippen LogP contribution >= 0.6 is 0 Å². The van der Waals surface area contributed by atoms with Gasteiger partial charge in [0.15, 0.2) is 0 Å². The van der Waals surface area contributed by atoms with E-state index in [1.165, 1.54) is 6.33 Å². The van der Waals surface area contributed by atoms with Gasteiger partial charge in [-0.2, -0.15) is 13.2 Å². The van der Waals surface area contributed by atoms with E-state index in [1.54, 1.807) is 0 Å². The molecule has 3 N–H and O–H groups in total. The lowest BCUT2D eigenvalue weighted by Crippen LogP contribution is -2.21. The van der Waals surface area contributed by atoms with Crippen LogP contribution in [0.25, 0.3) is 22.3 Å². The topological polar surface area (TPSA) is 134 Å². The molecular weight excluding hydrogens is 431 g/mol. The van der Waals surface area contributed by atoms with Crippen LogP contribution in [0.1, 0.15) is 11.7 Å². The van der Waals surface area contributed by atoms with Gasteiger partial charge in [0.05, 0.1) is 11.8 Å². The van der Waals surface area contributed by atoms with Gasteiger partial charge in [-0.25, -0.2) is 19.4 Å². The molecule has 12 heteroatoms. The Morgan fingerprint density at radius 1 is 1.03 bits per heavy atom. The molecule has 9 nitrogen and oxygen atoms in total. The molecule has 0 spiro atoms. The highest BCUT2D eigenvalue weighted by Gasteiger charge is 2.38. The van der Waals surface area contributed by atoms with E-state index in [0.29, 0.717) is 23.4 Å². The second-order valence-corrected chi connectivity index (χ2v) is 6.37. The Morgan fingerprint density at radius 3 is 2.41 bits per heavy atom. The number of nitrogens with one attached hydrogen (secondary N) is 1. The molecule has 0 amide bonds. The van der Waals surface area contributed by atoms with Gasteiger partial charge >= 0.3 is 12.1 Å². The minimum atomic E-state index is -5.08. The van der Waals surface area contributed by atoms with Crippen molar-refractivity contribution in [1.82, 2.24) is 20.3 Å². The number of carbonyl (C=O) groups is 1. The second-order valence-electron chi connectivity index (χ2n) is 6.37. The van der Waals surface area contributed by atoms with Crippen LogP contribution in [0.3, 0.4) is 0 Å². The van der Waals surface area contributed by atoms with Crippen LogP contribution in [0, 0.1) is 0 Å². The number of aliphatic hydroxyl groups is 1. The SMILES string of the molecule is O=C(O)C(F)(F)F.O[C@@H](CNc1cc(-c2ccc3nonc3c2)ncn1)c1ccccc1. The number of rotatable bonds is 5. The van der Waals surface area contributed by atoms with E-state index in [2.05, 4.69) is 25.6 Å². The van der Waals surface area contributed by atoms with Crippen molar-refractivity contribution in [2.75, 3.05) is 11.9 Å². The average molecular weight is 447 g/mol. The molecule has 1 atom stereocenters. The minimum Gasteiger partial charge on any atom is -0.475 e. The predicted molar refractivity (Wildman–Crippen MR) is 106 cm³/mol. The maximum atomic E-state index is 10.6. The Kier molecular flexibility index (Phi) is 6.95. The van der Waals surface area contributed by atoms with Crippen molar-refractivity contribution in [3.8, 4) is 11.3 Å². The quantitative estimate of drug-likeness (QED) is 0.420. The molecule has 2 heterocycles. The van der Waals surface area contributed by atoms with Gasteiger partial charge in [0.1, 0.15) is 23.2 Å². The molecule has 0 fully saturated rings. The molecule has 0 saturated heterocycles. The first-order valence-electron chi connectivity index (χ1n) is 9.06. The number of carboxylic acid groups (broad SMARTS) is 1. The molecule has 4 aromatic rings. The van der Waals surface area contributed by atoms with Crippen LogP contribution in [0.5, 0.6) is 0 Å². The zero-order chi connectivity index (χ0) is 23.1. The van der Waals surface area contributed by atoms with Gasteiger partial charge in [0.2, 0.25) is 0 Å². The first kappa shape index (κ1) is 22.6. The number of aliphatic hydroxyl groups excluding tert-OH is 1. The van der Waals surface area contributed by atoms with Gasteiger partial charge in [-0.3, -0.25) is 0 Å². The van der Waals surface area contributed by atoms with E-state index in [4.69, 9.17) is 14.5 Å². The number of aliphatic carboxylic acids is 1. The van der Waals surface area contributed by atoms with Crippen LogP contribution in [0.2, 0.25) is 0 Å². The molecule has 166 valence electrons. The lowest BCUT2D eigenvalue weighted by atomic mass is 10.1. The summed E-state index contributed by atoms with van der Waals surface area (Å²) in [7, 11) is 0. The van der Waals surface area contributed by atoms with Crippen molar-refractivity contribution >= 4 is 22.8 Å². The van der Waals surface area contributed by atoms with Crippen molar-refractivity contribution in [2.45, 2.75) is 12.3 Å². The first-order chi connectivity index (χ1) is 15.2. The third-order valence-electron chi connectivity index (χ3n) is 4.12. The molecule has 0 saturated carbocycles. The monoisotopic (exact) mass is 447 g/mol. The van der Waals surface area contributed by atoms with E-state index < -0.39 is 18.2 Å². The summed E-state index contributed by atoms with van der Waals surface area (Å²) in [5.41, 5.74) is 3.86. The summed E-state index contributed by atoms with van der Waals surface area (Å²) in [5, 5.41) is 28.1. The van der Waals surface area contributed by atoms with E-state index in [1.807, 2.05) is 54.6 Å². The summed E-state index contributed by atoms with van der Waals surface area (Å²) >= 11 is 0. The summed E-state index contributed by atoms with van der Waals surface area (Å²) in [6, 6.07) is 16.9. The molecule has 0 bridgehead atoms. The van der Waals surface area contributed by atoms with E-state index in [9.17, 15) is 18.3 Å². The lowest BCUT2D eigenvalue weighted by molar-refractivity contribution is -0.192. The molecule has 32 heavy (non-hydrogen) atoms. The zero-order valence-electron chi connectivity index (χ0n) is 16.2. The van der Waals surface area contributed by atoms with Gasteiger partial charge in [-0.15, -0.1) is 0 Å². The van der Waals surface area contributed by atoms with Gasteiger partial charge in [-0.05, 0) is 28.0 Å². The number of halogens is 3. The largest absolute Gasteiger partial charge is 0.490 e. The van der Waals surface area contributed by atoms with Gasteiger partial charge < -0.3 is 15.5 Å². The van der Waals surface area contributed by atoms with E-state index >= 15 is 0 Å². The molecular formula is C20H16F3N5O4. The third kappa shape index (κ3) is 5.98. The summed E-state index contributed by atoms with van der Waals surface area (Å²) in [6.45, 7) is 0.354. The maximum absolute atomic E-state index is 10.6. The Morgan fingerprint density at radius 2 is 1.72 bits per heavy atom. The van der Waals surface area contributed by atoms with Crippen LogP contribution in [0.4, 0.5) is 19.0 Å². The summed E-state index contributed by atoms with van der Waals surface area (Å²) in [5.74, 6) is -2.12. The van der Waals surface area contributed by atoms with Crippen molar-refractivity contribution in [1.29, 1.82) is 0 Å². The third-order valence-corrected chi connectivity index (χ3v) is 4.12. The smallest absolute Gasteiger partial charge is 0.475 e. The zero-order valence-corrected chi connectivity index (χ0v) is 16.2. The fourth-order valence-electron chi connectivity index (χ4n) is 2.55. The molecule has 4 rings (SSSR count). The van der Waals surface area contributed by atoms with E-state index in [-0.39, 0.29) is 0 Å². The molecule has 0 aliphatic rings. The minimum absolute atomic E-state index is 0.354. The number of alkyl halides is 3. The number of nitrogens with zero attached hydrogens (tertiary/aromatic N) is 4. The predicted octanol–water partition coefficient (Wildman–Crippen LogP) is 3.46. The van der Waals surface area contributed by atoms with Gasteiger partial charge in [0, 0.05) is 18.2 Å². The van der Waals surface area contributed by atoms with Crippen LogP contribution in [0.15, 0.2) is 65.6 Å². The fraction of sp³-hybridized carbons (Fsp3) is 0.150. The number of anilines is 1. The molecule has 0 unspecified atom stereocenters. The normalized spacial score (nSPS) is 12.0. The van der Waals surface area contributed by atoms with Crippen molar-refractivity contribution in [2.24, 2.45) is 0 Å². The summed E-state index contributed by atoms with van der Waals surface area (Å²) in [4.78, 5) is 17.4. The van der Waals surface area contributed by atoms with Crippen LogP contribution in [-0.2, 0) is 4.79 Å². The highest BCUT2D eigenvalue weighted by molar-refractivity contribution is 5.80. The fourth-order valence-corrected chi connectivity index (χ4v) is 2.55. The van der Waals surface area contributed by atoms with E-state index in [0.717, 1.165) is 16.8 Å². The average Bonchev–Trinajstić information content (AvgIpc) is 3.26. The number of benzene rings is 2. The Labute approximate surface area is 178 Å². The van der Waals surface area contributed by atoms with Gasteiger partial charge in [0.25, 0.3) is 0 Å². The number of carboxylic acids is 1. The standard InChI is InChI=1S/C18H15N5O2.C2HF3O2/c24-17(12-4-2-1-3-5-12)10-19-18-9-15(20-11-21-18)13-6-7-14-16(8-13)23-25-22-14;3-2(4,5)1(6)7/h1-9,11,17,24H,10H2,(H,19,20,21);(H,6,7)/t17-;/m0./s1. The summed E-state index contributed by atoms with van der Waals surface area (Å²) in [6.07, 6.45) is -4.21. The molecule has 2 aromatic carbocycles. The molecule has 0 radical (unpaired) electrons. The van der Waals surface area contributed by atoms with Crippen LogP contribution in [-0.4, -0.2) is 49.2 Å². The molecule has 0 aliphatic heterocycles. The number of hydrogen-bond acceptors (Lipinski definition) is 8. The number of fused-ring (bicyclic) bond motifs is 1. The Balaban J connectivity index is 0.000000360. The number of hydrogen-bond donors (Lipinski definition) is 3. The molecule has 0 aliphatic carbocycles. The second kappa shape index (κ2) is 9.83. The lowest BCUT2D eigenvalue weighted by Gasteiger charge is -2.13. The highest BCUT2D eigenvalue weighted by atomic mass is 19.4.